The molecule has 0 atom stereocenters. The van der Waals surface area contributed by atoms with Gasteiger partial charge in [0.2, 0.25) is 11.8 Å². The van der Waals surface area contributed by atoms with Gasteiger partial charge in [-0.05, 0) is 36.5 Å². The van der Waals surface area contributed by atoms with Crippen LogP contribution in [0.5, 0.6) is 11.8 Å². The highest BCUT2D eigenvalue weighted by molar-refractivity contribution is 9.10. The van der Waals surface area contributed by atoms with E-state index in [0.29, 0.717) is 28.6 Å². The summed E-state index contributed by atoms with van der Waals surface area (Å²) in [5.41, 5.74) is 1.21. The van der Waals surface area contributed by atoms with E-state index >= 15 is 0 Å². The second kappa shape index (κ2) is 9.73. The first-order valence-corrected chi connectivity index (χ1v) is 10.2. The van der Waals surface area contributed by atoms with Crippen LogP contribution in [0, 0.1) is 4.77 Å². The quantitative estimate of drug-likeness (QED) is 0.259. The molecule has 3 aromatic rings. The number of aromatic nitrogens is 3. The van der Waals surface area contributed by atoms with Gasteiger partial charge in [0.25, 0.3) is 0 Å². The van der Waals surface area contributed by atoms with Crippen LogP contribution in [0.1, 0.15) is 10.4 Å². The van der Waals surface area contributed by atoms with E-state index in [1.807, 2.05) is 35.0 Å². The second-order valence-corrected chi connectivity index (χ2v) is 7.57. The first-order valence-electron chi connectivity index (χ1n) is 9.02. The highest BCUT2D eigenvalue weighted by Crippen LogP contribution is 2.24. The summed E-state index contributed by atoms with van der Waals surface area (Å²) >= 11 is 9.07. The third kappa shape index (κ3) is 4.80. The first kappa shape index (κ1) is 21.8. The SMILES string of the molecule is C=CCn1cc(Nc2cccc(Br)c2)n(CC(=O)c2ccc(OC)nc2OC)c1=S. The molecule has 0 bridgehead atoms. The molecule has 0 saturated carbocycles. The molecule has 1 aromatic carbocycles. The smallest absolute Gasteiger partial charge is 0.227 e. The number of nitrogens with zero attached hydrogens (tertiary/aromatic N) is 3. The number of hydrogen-bond donors (Lipinski definition) is 1. The fourth-order valence-electron chi connectivity index (χ4n) is 2.90. The van der Waals surface area contributed by atoms with Gasteiger partial charge in [-0.15, -0.1) is 6.58 Å². The minimum Gasteiger partial charge on any atom is -0.481 e. The summed E-state index contributed by atoms with van der Waals surface area (Å²) in [5.74, 6) is 1.08. The van der Waals surface area contributed by atoms with Crippen LogP contribution in [0.4, 0.5) is 11.5 Å². The topological polar surface area (TPSA) is 70.3 Å². The van der Waals surface area contributed by atoms with E-state index in [4.69, 9.17) is 21.7 Å². The zero-order valence-electron chi connectivity index (χ0n) is 16.6. The van der Waals surface area contributed by atoms with Gasteiger partial charge in [0.05, 0.1) is 26.3 Å². The van der Waals surface area contributed by atoms with Crippen molar-refractivity contribution in [3.63, 3.8) is 0 Å². The monoisotopic (exact) mass is 488 g/mol. The highest BCUT2D eigenvalue weighted by atomic mass is 79.9. The zero-order valence-corrected chi connectivity index (χ0v) is 19.0. The van der Waals surface area contributed by atoms with E-state index in [1.54, 1.807) is 22.8 Å². The Bertz CT molecular complexity index is 1140. The van der Waals surface area contributed by atoms with Gasteiger partial charge >= 0.3 is 0 Å². The maximum absolute atomic E-state index is 13.1. The number of hydrogen-bond acceptors (Lipinski definition) is 6. The molecule has 3 rings (SSSR count). The molecule has 0 saturated heterocycles. The molecule has 2 aromatic heterocycles. The van der Waals surface area contributed by atoms with Crippen LogP contribution in [-0.2, 0) is 13.1 Å². The van der Waals surface area contributed by atoms with Crippen LogP contribution >= 0.6 is 28.1 Å². The molecule has 0 unspecified atom stereocenters. The lowest BCUT2D eigenvalue weighted by Gasteiger charge is -2.12. The third-order valence-electron chi connectivity index (χ3n) is 4.31. The van der Waals surface area contributed by atoms with Crippen LogP contribution in [0.15, 0.2) is 59.7 Å². The predicted molar refractivity (Wildman–Crippen MR) is 123 cm³/mol. The molecule has 0 aliphatic carbocycles. The lowest BCUT2D eigenvalue weighted by atomic mass is 10.1. The Morgan fingerprint density at radius 3 is 2.77 bits per heavy atom. The number of carbonyl (C=O) groups excluding carboxylic acids is 1. The zero-order chi connectivity index (χ0) is 21.7. The molecule has 1 N–H and O–H groups in total. The van der Waals surface area contributed by atoms with E-state index in [9.17, 15) is 4.79 Å². The number of nitrogens with one attached hydrogen (secondary N) is 1. The van der Waals surface area contributed by atoms with Crippen LogP contribution < -0.4 is 14.8 Å². The predicted octanol–water partition coefficient (Wildman–Crippen LogP) is 5.01. The van der Waals surface area contributed by atoms with E-state index < -0.39 is 0 Å². The lowest BCUT2D eigenvalue weighted by Crippen LogP contribution is -2.14. The van der Waals surface area contributed by atoms with Gasteiger partial charge in [-0.2, -0.15) is 4.98 Å². The van der Waals surface area contributed by atoms with Gasteiger partial charge in [-0.1, -0.05) is 28.1 Å². The van der Waals surface area contributed by atoms with Crippen LogP contribution in [0.25, 0.3) is 0 Å². The Morgan fingerprint density at radius 2 is 2.10 bits per heavy atom. The lowest BCUT2D eigenvalue weighted by molar-refractivity contribution is 0.0968. The molecule has 0 fully saturated rings. The highest BCUT2D eigenvalue weighted by Gasteiger charge is 2.18. The van der Waals surface area contributed by atoms with Gasteiger partial charge in [0.15, 0.2) is 10.6 Å². The molecule has 0 radical (unpaired) electrons. The maximum atomic E-state index is 13.1. The Labute approximate surface area is 188 Å². The maximum Gasteiger partial charge on any atom is 0.227 e. The molecule has 7 nitrogen and oxygen atoms in total. The van der Waals surface area contributed by atoms with E-state index in [0.717, 1.165) is 10.2 Å². The molecule has 0 spiro atoms. The van der Waals surface area contributed by atoms with Crippen molar-refractivity contribution in [2.45, 2.75) is 13.1 Å². The number of ether oxygens (including phenoxy) is 2. The molecule has 0 amide bonds. The van der Waals surface area contributed by atoms with Gasteiger partial charge in [0.1, 0.15) is 5.82 Å². The first-order chi connectivity index (χ1) is 14.5. The van der Waals surface area contributed by atoms with Crippen molar-refractivity contribution < 1.29 is 14.3 Å². The summed E-state index contributed by atoms with van der Waals surface area (Å²) in [4.78, 5) is 17.3. The summed E-state index contributed by atoms with van der Waals surface area (Å²) in [6.45, 7) is 4.32. The van der Waals surface area contributed by atoms with E-state index in [2.05, 4.69) is 32.8 Å². The average Bonchev–Trinajstić information content (AvgIpc) is 3.02. The van der Waals surface area contributed by atoms with E-state index in [-0.39, 0.29) is 18.2 Å². The summed E-state index contributed by atoms with van der Waals surface area (Å²) in [6, 6.07) is 11.0. The number of ketones is 1. The van der Waals surface area contributed by atoms with Crippen LogP contribution in [0.2, 0.25) is 0 Å². The molecular formula is C21H21BrN4O3S. The fraction of sp³-hybridized carbons (Fsp3) is 0.190. The molecular weight excluding hydrogens is 468 g/mol. The molecule has 30 heavy (non-hydrogen) atoms. The van der Waals surface area contributed by atoms with Gasteiger partial charge < -0.3 is 19.4 Å². The Kier molecular flexibility index (Phi) is 7.07. The minimum absolute atomic E-state index is 0.0175. The number of pyridine rings is 1. The number of Topliss-reactive ketones (excluding diaryl/α,β-unsaturated/α-hetero) is 1. The molecule has 156 valence electrons. The standard InChI is InChI=1S/C21H21BrN4O3S/c1-4-10-25-13-18(23-15-7-5-6-14(22)11-15)26(21(25)30)12-17(27)16-8-9-19(28-2)24-20(16)29-3/h4-9,11,13,23H,1,10,12H2,2-3H3. The number of rotatable bonds is 9. The molecule has 0 aliphatic heterocycles. The second-order valence-electron chi connectivity index (χ2n) is 6.29. The van der Waals surface area contributed by atoms with Gasteiger partial charge in [-0.3, -0.25) is 9.36 Å². The van der Waals surface area contributed by atoms with Crippen molar-refractivity contribution in [1.82, 2.24) is 14.1 Å². The molecule has 9 heteroatoms. The Morgan fingerprint density at radius 1 is 1.30 bits per heavy atom. The van der Waals surface area contributed by atoms with Crippen molar-refractivity contribution in [3.8, 4) is 11.8 Å². The Hall–Kier alpha value is -2.91. The largest absolute Gasteiger partial charge is 0.481 e. The molecule has 2 heterocycles. The van der Waals surface area contributed by atoms with E-state index in [1.165, 1.54) is 14.2 Å². The molecule has 0 aliphatic rings. The Balaban J connectivity index is 1.97. The average molecular weight is 489 g/mol. The van der Waals surface area contributed by atoms with Crippen molar-refractivity contribution in [1.29, 1.82) is 0 Å². The summed E-state index contributed by atoms with van der Waals surface area (Å²) in [6.07, 6.45) is 3.61. The number of imidazole rings is 1. The number of carbonyl (C=O) groups is 1. The summed E-state index contributed by atoms with van der Waals surface area (Å²) < 4.78 is 15.4. The number of halogens is 1. The number of allylic oxidation sites excluding steroid dienone is 1. The minimum atomic E-state index is -0.188. The number of anilines is 2. The van der Waals surface area contributed by atoms with Crippen molar-refractivity contribution >= 4 is 45.4 Å². The van der Waals surface area contributed by atoms with Crippen molar-refractivity contribution in [2.24, 2.45) is 0 Å². The van der Waals surface area contributed by atoms with Crippen molar-refractivity contribution in [3.05, 3.63) is 70.1 Å². The van der Waals surface area contributed by atoms with Gasteiger partial charge in [0, 0.05) is 29.0 Å². The van der Waals surface area contributed by atoms with Crippen LogP contribution in [-0.4, -0.2) is 34.1 Å². The summed E-state index contributed by atoms with van der Waals surface area (Å²) in [5, 5.41) is 3.33. The third-order valence-corrected chi connectivity index (χ3v) is 5.26. The van der Waals surface area contributed by atoms with Gasteiger partial charge in [-0.25, -0.2) is 0 Å². The summed E-state index contributed by atoms with van der Waals surface area (Å²) in [7, 11) is 2.97. The van der Waals surface area contributed by atoms with Crippen LogP contribution in [0.3, 0.4) is 0 Å². The van der Waals surface area contributed by atoms with Crippen molar-refractivity contribution in [2.75, 3.05) is 19.5 Å². The normalized spacial score (nSPS) is 10.5. The fourth-order valence-corrected chi connectivity index (χ4v) is 3.59. The number of methoxy groups -OCH3 is 2. The number of benzene rings is 1.